The third kappa shape index (κ3) is 5.56. The van der Waals surface area contributed by atoms with Crippen molar-refractivity contribution in [1.82, 2.24) is 5.32 Å². The molecule has 0 saturated carbocycles. The molecule has 0 spiro atoms. The molecule has 0 radical (unpaired) electrons. The molecule has 0 fully saturated rings. The summed E-state index contributed by atoms with van der Waals surface area (Å²) in [6, 6.07) is 9.43. The third-order valence-electron chi connectivity index (χ3n) is 2.22. The number of carboxylic acids is 1. The molecule has 0 atom stereocenters. The smallest absolute Gasteiger partial charge is 0.323 e. The van der Waals surface area contributed by atoms with Gasteiger partial charge in [-0.15, -0.1) is 12.4 Å². The molecule has 4 nitrogen and oxygen atoms in total. The van der Waals surface area contributed by atoms with E-state index in [9.17, 15) is 4.79 Å². The summed E-state index contributed by atoms with van der Waals surface area (Å²) in [6.07, 6.45) is 0. The number of aliphatic carboxylic acids is 1. The first kappa shape index (κ1) is 15.7. The summed E-state index contributed by atoms with van der Waals surface area (Å²) in [7, 11) is 0. The Morgan fingerprint density at radius 2 is 1.94 bits per heavy atom. The van der Waals surface area contributed by atoms with Crippen molar-refractivity contribution >= 4 is 18.4 Å². The molecule has 0 aromatic heterocycles. The molecule has 0 bridgehead atoms. The molecule has 0 aliphatic carbocycles. The Labute approximate surface area is 107 Å². The number of benzene rings is 1. The minimum absolute atomic E-state index is 0. The first-order chi connectivity index (χ1) is 7.52. The summed E-state index contributed by atoms with van der Waals surface area (Å²) in [5, 5.41) is 11.8. The van der Waals surface area contributed by atoms with Gasteiger partial charge in [-0.25, -0.2) is 0 Å². The fraction of sp³-hybridized carbons (Fsp3) is 0.417. The molecule has 1 rings (SSSR count). The summed E-state index contributed by atoms with van der Waals surface area (Å²) >= 11 is 0. The number of hydrogen-bond acceptors (Lipinski definition) is 3. The lowest BCUT2D eigenvalue weighted by atomic mass is 10.1. The highest BCUT2D eigenvalue weighted by Gasteiger charge is 2.25. The van der Waals surface area contributed by atoms with Gasteiger partial charge in [0.05, 0.1) is 0 Å². The van der Waals surface area contributed by atoms with Crippen LogP contribution in [0, 0.1) is 0 Å². The van der Waals surface area contributed by atoms with Crippen LogP contribution in [0.2, 0.25) is 0 Å². The molecule has 0 amide bonds. The molecule has 96 valence electrons. The fourth-order valence-electron chi connectivity index (χ4n) is 1.12. The Morgan fingerprint density at radius 1 is 1.35 bits per heavy atom. The average Bonchev–Trinajstić information content (AvgIpc) is 2.26. The van der Waals surface area contributed by atoms with E-state index in [1.807, 2.05) is 30.3 Å². The number of ether oxygens (including phenoxy) is 1. The molecule has 5 heteroatoms. The number of carboxylic acid groups (broad SMARTS) is 1. The standard InChI is InChI=1S/C12H17NO3.ClH/c1-12(2,11(14)15)13-8-9-16-10-6-4-3-5-7-10;/h3-7,13H,8-9H2,1-2H3,(H,14,15);1H. The van der Waals surface area contributed by atoms with Gasteiger partial charge in [-0.1, -0.05) is 18.2 Å². The van der Waals surface area contributed by atoms with Gasteiger partial charge >= 0.3 is 5.97 Å². The van der Waals surface area contributed by atoms with Crippen molar-refractivity contribution in [1.29, 1.82) is 0 Å². The number of para-hydroxylation sites is 1. The number of halogens is 1. The van der Waals surface area contributed by atoms with E-state index in [2.05, 4.69) is 5.32 Å². The lowest BCUT2D eigenvalue weighted by Gasteiger charge is -2.20. The van der Waals surface area contributed by atoms with Crippen LogP contribution in [0.4, 0.5) is 0 Å². The summed E-state index contributed by atoms with van der Waals surface area (Å²) in [4.78, 5) is 10.8. The van der Waals surface area contributed by atoms with Crippen LogP contribution in [0.25, 0.3) is 0 Å². The lowest BCUT2D eigenvalue weighted by molar-refractivity contribution is -0.143. The van der Waals surface area contributed by atoms with Gasteiger partial charge in [0.1, 0.15) is 17.9 Å². The molecule has 0 heterocycles. The molecule has 0 saturated heterocycles. The van der Waals surface area contributed by atoms with E-state index >= 15 is 0 Å². The van der Waals surface area contributed by atoms with E-state index in [1.165, 1.54) is 0 Å². The predicted molar refractivity (Wildman–Crippen MR) is 68.9 cm³/mol. The first-order valence-corrected chi connectivity index (χ1v) is 5.18. The first-order valence-electron chi connectivity index (χ1n) is 5.18. The van der Waals surface area contributed by atoms with Gasteiger partial charge in [0.15, 0.2) is 0 Å². The number of hydrogen-bond donors (Lipinski definition) is 2. The zero-order valence-electron chi connectivity index (χ0n) is 9.97. The highest BCUT2D eigenvalue weighted by molar-refractivity contribution is 5.85. The number of carbonyl (C=O) groups is 1. The molecule has 0 unspecified atom stereocenters. The van der Waals surface area contributed by atoms with Crippen molar-refractivity contribution in [2.24, 2.45) is 0 Å². The van der Waals surface area contributed by atoms with Crippen molar-refractivity contribution in [3.63, 3.8) is 0 Å². The van der Waals surface area contributed by atoms with Crippen LogP contribution in [0.1, 0.15) is 13.8 Å². The van der Waals surface area contributed by atoms with Crippen molar-refractivity contribution in [3.05, 3.63) is 30.3 Å². The van der Waals surface area contributed by atoms with E-state index in [0.29, 0.717) is 13.2 Å². The number of nitrogens with one attached hydrogen (secondary N) is 1. The second kappa shape index (κ2) is 7.14. The van der Waals surface area contributed by atoms with Crippen molar-refractivity contribution in [2.45, 2.75) is 19.4 Å². The second-order valence-electron chi connectivity index (χ2n) is 4.02. The van der Waals surface area contributed by atoms with Crippen molar-refractivity contribution in [2.75, 3.05) is 13.2 Å². The molecule has 2 N–H and O–H groups in total. The minimum atomic E-state index is -0.917. The topological polar surface area (TPSA) is 58.6 Å². The fourth-order valence-corrected chi connectivity index (χ4v) is 1.12. The Hall–Kier alpha value is -1.26. The Balaban J connectivity index is 0.00000256. The van der Waals surface area contributed by atoms with Crippen LogP contribution < -0.4 is 10.1 Å². The van der Waals surface area contributed by atoms with E-state index in [0.717, 1.165) is 5.75 Å². The van der Waals surface area contributed by atoms with Crippen LogP contribution in [0.5, 0.6) is 5.75 Å². The highest BCUT2D eigenvalue weighted by Crippen LogP contribution is 2.07. The Bertz CT molecular complexity index is 341. The largest absolute Gasteiger partial charge is 0.492 e. The second-order valence-corrected chi connectivity index (χ2v) is 4.02. The highest BCUT2D eigenvalue weighted by atomic mass is 35.5. The SMILES string of the molecule is CC(C)(NCCOc1ccccc1)C(=O)O.Cl. The molecule has 0 aliphatic heterocycles. The molecule has 0 aliphatic rings. The van der Waals surface area contributed by atoms with E-state index in [4.69, 9.17) is 9.84 Å². The van der Waals surface area contributed by atoms with Gasteiger partial charge in [0, 0.05) is 6.54 Å². The van der Waals surface area contributed by atoms with Crippen LogP contribution in [-0.2, 0) is 4.79 Å². The molecule has 1 aromatic carbocycles. The molecule has 17 heavy (non-hydrogen) atoms. The summed E-state index contributed by atoms with van der Waals surface area (Å²) in [5.74, 6) is -0.0790. The number of rotatable bonds is 6. The lowest BCUT2D eigenvalue weighted by Crippen LogP contribution is -2.48. The van der Waals surface area contributed by atoms with E-state index in [-0.39, 0.29) is 12.4 Å². The van der Waals surface area contributed by atoms with Gasteiger partial charge in [-0.3, -0.25) is 10.1 Å². The minimum Gasteiger partial charge on any atom is -0.492 e. The normalized spacial score (nSPS) is 10.5. The molecule has 1 aromatic rings. The Kier molecular flexibility index (Phi) is 6.61. The average molecular weight is 260 g/mol. The van der Waals surface area contributed by atoms with Crippen LogP contribution in [0.15, 0.2) is 30.3 Å². The molecular formula is C12H18ClNO3. The van der Waals surface area contributed by atoms with E-state index < -0.39 is 11.5 Å². The van der Waals surface area contributed by atoms with Gasteiger partial charge in [-0.2, -0.15) is 0 Å². The van der Waals surface area contributed by atoms with Gasteiger partial charge < -0.3 is 9.84 Å². The van der Waals surface area contributed by atoms with Crippen LogP contribution >= 0.6 is 12.4 Å². The zero-order chi connectivity index (χ0) is 12.0. The maximum absolute atomic E-state index is 10.8. The van der Waals surface area contributed by atoms with Gasteiger partial charge in [-0.05, 0) is 26.0 Å². The summed E-state index contributed by atoms with van der Waals surface area (Å²) < 4.78 is 5.43. The summed E-state index contributed by atoms with van der Waals surface area (Å²) in [6.45, 7) is 4.19. The Morgan fingerprint density at radius 3 is 2.47 bits per heavy atom. The zero-order valence-corrected chi connectivity index (χ0v) is 10.8. The van der Waals surface area contributed by atoms with Gasteiger partial charge in [0.2, 0.25) is 0 Å². The monoisotopic (exact) mass is 259 g/mol. The van der Waals surface area contributed by atoms with Crippen LogP contribution in [0.3, 0.4) is 0 Å². The predicted octanol–water partition coefficient (Wildman–Crippen LogP) is 1.94. The summed E-state index contributed by atoms with van der Waals surface area (Å²) in [5.41, 5.74) is -0.917. The molecular weight excluding hydrogens is 242 g/mol. The quantitative estimate of drug-likeness (QED) is 0.767. The third-order valence-corrected chi connectivity index (χ3v) is 2.22. The maximum Gasteiger partial charge on any atom is 0.323 e. The maximum atomic E-state index is 10.8. The van der Waals surface area contributed by atoms with E-state index in [1.54, 1.807) is 13.8 Å². The van der Waals surface area contributed by atoms with Crippen molar-refractivity contribution < 1.29 is 14.6 Å². The van der Waals surface area contributed by atoms with Gasteiger partial charge in [0.25, 0.3) is 0 Å². The van der Waals surface area contributed by atoms with Crippen molar-refractivity contribution in [3.8, 4) is 5.75 Å². The van der Waals surface area contributed by atoms with Crippen LogP contribution in [-0.4, -0.2) is 29.8 Å².